The Morgan fingerprint density at radius 3 is 2.00 bits per heavy atom. The van der Waals surface area contributed by atoms with Crippen LogP contribution in [0, 0.1) is 0 Å². The van der Waals surface area contributed by atoms with Gasteiger partial charge in [0.2, 0.25) is 0 Å². The molecular formula is C35H61O9P. The minimum atomic E-state index is -4.77. The molecule has 9 nitrogen and oxygen atoms in total. The lowest BCUT2D eigenvalue weighted by atomic mass is 10.1. The highest BCUT2D eigenvalue weighted by Gasteiger charge is 2.22. The molecule has 0 heterocycles. The average molecular weight is 657 g/mol. The molecule has 0 bridgehead atoms. The number of carbonyl (C=O) groups is 2. The van der Waals surface area contributed by atoms with Gasteiger partial charge in [-0.25, -0.2) is 4.57 Å². The first-order valence-corrected chi connectivity index (χ1v) is 18.6. The zero-order valence-electron chi connectivity index (χ0n) is 27.9. The molecule has 0 saturated heterocycles. The van der Waals surface area contributed by atoms with Crippen LogP contribution < -0.4 is 0 Å². The lowest BCUT2D eigenvalue weighted by molar-refractivity contribution is -0.161. The van der Waals surface area contributed by atoms with E-state index in [1.54, 1.807) is 6.08 Å². The first-order valence-electron chi connectivity index (χ1n) is 17.0. The van der Waals surface area contributed by atoms with Crippen molar-refractivity contribution in [1.29, 1.82) is 0 Å². The van der Waals surface area contributed by atoms with Crippen molar-refractivity contribution >= 4 is 19.8 Å². The van der Waals surface area contributed by atoms with Crippen LogP contribution >= 0.6 is 7.82 Å². The van der Waals surface area contributed by atoms with Gasteiger partial charge >= 0.3 is 19.8 Å². The summed E-state index contributed by atoms with van der Waals surface area (Å²) in [6, 6.07) is 0. The van der Waals surface area contributed by atoms with Crippen LogP contribution in [-0.2, 0) is 28.2 Å². The quantitative estimate of drug-likeness (QED) is 0.0228. The summed E-state index contributed by atoms with van der Waals surface area (Å²) in [5.74, 6) is -0.979. The smallest absolute Gasteiger partial charge is 0.462 e. The van der Waals surface area contributed by atoms with Crippen LogP contribution in [0.3, 0.4) is 0 Å². The molecule has 0 saturated carbocycles. The Bertz CT molecular complexity index is 892. The van der Waals surface area contributed by atoms with Crippen molar-refractivity contribution in [3.05, 3.63) is 48.6 Å². The maximum Gasteiger partial charge on any atom is 0.469 e. The van der Waals surface area contributed by atoms with Crippen LogP contribution in [0.1, 0.15) is 136 Å². The molecule has 3 N–H and O–H groups in total. The molecule has 45 heavy (non-hydrogen) atoms. The fourth-order valence-corrected chi connectivity index (χ4v) is 4.72. The monoisotopic (exact) mass is 656 g/mol. The fourth-order valence-electron chi connectivity index (χ4n) is 4.36. The molecule has 0 amide bonds. The minimum Gasteiger partial charge on any atom is -0.462 e. The molecular weight excluding hydrogens is 595 g/mol. The number of hydrogen-bond donors (Lipinski definition) is 3. The second-order valence-corrected chi connectivity index (χ2v) is 12.5. The SMILES string of the molecule is CC/C=C/C/C=C/C=C/C(O)CCCCCCCC(=O)OC[C@H](COP(=O)(O)O)OC(=O)CCCCCCC/C=C\CCCC. The fraction of sp³-hybridized carbons (Fsp3) is 0.714. The van der Waals surface area contributed by atoms with E-state index in [-0.39, 0.29) is 19.4 Å². The van der Waals surface area contributed by atoms with Crippen molar-refractivity contribution < 1.29 is 43.0 Å². The highest BCUT2D eigenvalue weighted by molar-refractivity contribution is 7.46. The lowest BCUT2D eigenvalue weighted by Crippen LogP contribution is -2.29. The van der Waals surface area contributed by atoms with Gasteiger partial charge < -0.3 is 24.4 Å². The summed E-state index contributed by atoms with van der Waals surface area (Å²) in [5.41, 5.74) is 0. The second kappa shape index (κ2) is 30.6. The first kappa shape index (κ1) is 43.0. The number of unbranched alkanes of at least 4 members (excludes halogenated alkanes) is 11. The number of ether oxygens (including phenoxy) is 2. The van der Waals surface area contributed by atoms with Crippen molar-refractivity contribution in [2.24, 2.45) is 0 Å². The second-order valence-electron chi connectivity index (χ2n) is 11.3. The molecule has 0 fully saturated rings. The van der Waals surface area contributed by atoms with E-state index in [9.17, 15) is 19.3 Å². The van der Waals surface area contributed by atoms with Crippen LogP contribution in [0.4, 0.5) is 0 Å². The lowest BCUT2D eigenvalue weighted by Gasteiger charge is -2.18. The van der Waals surface area contributed by atoms with E-state index < -0.39 is 38.6 Å². The Morgan fingerprint density at radius 2 is 1.33 bits per heavy atom. The van der Waals surface area contributed by atoms with Crippen molar-refractivity contribution in [2.45, 2.75) is 148 Å². The maximum atomic E-state index is 12.3. The molecule has 1 unspecified atom stereocenters. The molecule has 10 heteroatoms. The van der Waals surface area contributed by atoms with E-state index in [1.807, 2.05) is 18.2 Å². The number of aliphatic hydroxyl groups excluding tert-OH is 1. The first-order chi connectivity index (χ1) is 21.7. The van der Waals surface area contributed by atoms with Crippen LogP contribution in [0.5, 0.6) is 0 Å². The summed E-state index contributed by atoms with van der Waals surface area (Å²) in [5, 5.41) is 10.0. The number of allylic oxidation sites excluding steroid dienone is 7. The number of rotatable bonds is 30. The number of esters is 2. The van der Waals surface area contributed by atoms with Crippen LogP contribution in [-0.4, -0.2) is 52.3 Å². The Hall–Kier alpha value is -2.03. The largest absolute Gasteiger partial charge is 0.469 e. The van der Waals surface area contributed by atoms with Gasteiger partial charge in [-0.1, -0.05) is 120 Å². The van der Waals surface area contributed by atoms with Crippen molar-refractivity contribution in [3.63, 3.8) is 0 Å². The highest BCUT2D eigenvalue weighted by Crippen LogP contribution is 2.35. The van der Waals surface area contributed by atoms with Gasteiger partial charge in [-0.3, -0.25) is 14.1 Å². The normalized spacial score (nSPS) is 13.8. The van der Waals surface area contributed by atoms with Gasteiger partial charge in [0.25, 0.3) is 0 Å². The van der Waals surface area contributed by atoms with Crippen molar-refractivity contribution in [2.75, 3.05) is 13.2 Å². The number of carbonyl (C=O) groups excluding carboxylic acids is 2. The molecule has 0 aromatic rings. The Kier molecular flexibility index (Phi) is 29.2. The van der Waals surface area contributed by atoms with Gasteiger partial charge in [0, 0.05) is 12.8 Å². The molecule has 0 aliphatic carbocycles. The molecule has 0 rings (SSSR count). The summed E-state index contributed by atoms with van der Waals surface area (Å²) in [6.07, 6.45) is 31.5. The number of phosphoric acid groups is 1. The number of hydrogen-bond acceptors (Lipinski definition) is 7. The predicted molar refractivity (Wildman–Crippen MR) is 180 cm³/mol. The van der Waals surface area contributed by atoms with Crippen LogP contribution in [0.2, 0.25) is 0 Å². The molecule has 0 aromatic carbocycles. The molecule has 0 radical (unpaired) electrons. The van der Waals surface area contributed by atoms with Gasteiger partial charge in [0.05, 0.1) is 12.7 Å². The molecule has 0 aliphatic heterocycles. The van der Waals surface area contributed by atoms with Crippen LogP contribution in [0.15, 0.2) is 48.6 Å². The maximum absolute atomic E-state index is 12.3. The van der Waals surface area contributed by atoms with E-state index >= 15 is 0 Å². The average Bonchev–Trinajstić information content (AvgIpc) is 2.99. The Balaban J connectivity index is 4.12. The van der Waals surface area contributed by atoms with E-state index in [2.05, 4.69) is 42.7 Å². The number of phosphoric ester groups is 1. The van der Waals surface area contributed by atoms with Gasteiger partial charge in [0.15, 0.2) is 6.10 Å². The zero-order valence-corrected chi connectivity index (χ0v) is 28.8. The third-order valence-electron chi connectivity index (χ3n) is 6.94. The molecule has 0 aliphatic rings. The number of aliphatic hydroxyl groups is 1. The summed E-state index contributed by atoms with van der Waals surface area (Å²) in [6.45, 7) is 3.39. The predicted octanol–water partition coefficient (Wildman–Crippen LogP) is 8.59. The Morgan fingerprint density at radius 1 is 0.711 bits per heavy atom. The molecule has 0 spiro atoms. The highest BCUT2D eigenvalue weighted by atomic mass is 31.2. The van der Waals surface area contributed by atoms with Gasteiger partial charge in [-0.15, -0.1) is 0 Å². The van der Waals surface area contributed by atoms with E-state index in [0.717, 1.165) is 77.0 Å². The van der Waals surface area contributed by atoms with Crippen LogP contribution in [0.25, 0.3) is 0 Å². The van der Waals surface area contributed by atoms with E-state index in [1.165, 1.54) is 12.8 Å². The third kappa shape index (κ3) is 33.2. The summed E-state index contributed by atoms with van der Waals surface area (Å²) >= 11 is 0. The van der Waals surface area contributed by atoms with Crippen molar-refractivity contribution in [1.82, 2.24) is 0 Å². The standard InChI is InChI=1S/C35H61O9P/c1-3-5-7-9-11-12-13-14-16-20-25-29-35(38)44-33(31-43-45(39,40)41)30-42-34(37)28-24-21-17-19-23-27-32(36)26-22-18-15-10-8-6-4-2/h6,8-9,11,15,18,22,26,32-33,36H,3-5,7,10,12-14,16-17,19-21,23-25,27-31H2,1-2H3,(H2,39,40,41)/b8-6+,11-9-,18-15+,26-22+/t32?,33-/m1/s1. The van der Waals surface area contributed by atoms with E-state index in [0.29, 0.717) is 19.3 Å². The topological polar surface area (TPSA) is 140 Å². The zero-order chi connectivity index (χ0) is 33.4. The minimum absolute atomic E-state index is 0.179. The van der Waals surface area contributed by atoms with Gasteiger partial charge in [-0.05, 0) is 51.4 Å². The summed E-state index contributed by atoms with van der Waals surface area (Å²) < 4.78 is 26.1. The van der Waals surface area contributed by atoms with E-state index in [4.69, 9.17) is 19.3 Å². The Labute approximate surface area is 272 Å². The van der Waals surface area contributed by atoms with Crippen molar-refractivity contribution in [3.8, 4) is 0 Å². The van der Waals surface area contributed by atoms with Gasteiger partial charge in [-0.2, -0.15) is 0 Å². The summed E-state index contributed by atoms with van der Waals surface area (Å²) in [7, 11) is -4.77. The molecule has 2 atom stereocenters. The molecule has 260 valence electrons. The van der Waals surface area contributed by atoms with Gasteiger partial charge in [0.1, 0.15) is 6.61 Å². The third-order valence-corrected chi connectivity index (χ3v) is 7.42. The molecule has 0 aromatic heterocycles. The summed E-state index contributed by atoms with van der Waals surface area (Å²) in [4.78, 5) is 42.5.